The Morgan fingerprint density at radius 2 is 2.40 bits per heavy atom. The molecule has 1 atom stereocenters. The molecule has 1 amide bonds. The maximum atomic E-state index is 12.3. The summed E-state index contributed by atoms with van der Waals surface area (Å²) < 4.78 is 10.7. The minimum Gasteiger partial charge on any atom is -0.472 e. The minimum absolute atomic E-state index is 0.0194. The quantitative estimate of drug-likeness (QED) is 0.851. The molecule has 0 aromatic carbocycles. The Bertz CT molecular complexity index is 597. The molecule has 1 fully saturated rings. The Labute approximate surface area is 116 Å². The Kier molecular flexibility index (Phi) is 3.37. The van der Waals surface area contributed by atoms with E-state index in [1.165, 1.54) is 6.20 Å². The largest absolute Gasteiger partial charge is 0.472 e. The topological polar surface area (TPSA) is 68.5 Å². The summed E-state index contributed by atoms with van der Waals surface area (Å²) in [5.74, 6) is 1.08. The minimum atomic E-state index is -0.0594. The van der Waals surface area contributed by atoms with E-state index in [0.29, 0.717) is 30.3 Å². The Morgan fingerprint density at radius 3 is 3.10 bits per heavy atom. The van der Waals surface area contributed by atoms with E-state index in [4.69, 9.17) is 9.26 Å². The van der Waals surface area contributed by atoms with E-state index in [2.05, 4.69) is 10.1 Å². The summed E-state index contributed by atoms with van der Waals surface area (Å²) in [6, 6.07) is 5.53. The third-order valence-electron chi connectivity index (χ3n) is 3.34. The summed E-state index contributed by atoms with van der Waals surface area (Å²) in [4.78, 5) is 18.2. The molecule has 3 rings (SSSR count). The number of carbonyl (C=O) groups excluding carboxylic acids is 1. The molecule has 1 unspecified atom stereocenters. The van der Waals surface area contributed by atoms with Gasteiger partial charge in [-0.3, -0.25) is 4.79 Å². The van der Waals surface area contributed by atoms with E-state index in [-0.39, 0.29) is 12.0 Å². The van der Waals surface area contributed by atoms with Crippen molar-refractivity contribution in [3.63, 3.8) is 0 Å². The van der Waals surface area contributed by atoms with Crippen LogP contribution in [-0.4, -0.2) is 40.1 Å². The van der Waals surface area contributed by atoms with Gasteiger partial charge < -0.3 is 14.2 Å². The lowest BCUT2D eigenvalue weighted by atomic mass is 10.2. The number of pyridine rings is 1. The third kappa shape index (κ3) is 2.49. The monoisotopic (exact) mass is 273 g/mol. The van der Waals surface area contributed by atoms with Crippen LogP contribution in [0, 0.1) is 6.92 Å². The summed E-state index contributed by atoms with van der Waals surface area (Å²) in [5.41, 5.74) is 0.517. The number of carbonyl (C=O) groups is 1. The Morgan fingerprint density at radius 1 is 1.50 bits per heavy atom. The van der Waals surface area contributed by atoms with Crippen LogP contribution in [0.5, 0.6) is 5.88 Å². The van der Waals surface area contributed by atoms with Gasteiger partial charge in [-0.25, -0.2) is 4.98 Å². The first kappa shape index (κ1) is 12.7. The van der Waals surface area contributed by atoms with Crippen molar-refractivity contribution in [2.24, 2.45) is 0 Å². The predicted molar refractivity (Wildman–Crippen MR) is 70.4 cm³/mol. The number of likely N-dealkylation sites (tertiary alicyclic amines) is 1. The van der Waals surface area contributed by atoms with Crippen LogP contribution in [-0.2, 0) is 0 Å². The molecule has 6 nitrogen and oxygen atoms in total. The molecule has 1 saturated heterocycles. The van der Waals surface area contributed by atoms with Gasteiger partial charge in [0.2, 0.25) is 5.88 Å². The van der Waals surface area contributed by atoms with Gasteiger partial charge in [0, 0.05) is 25.2 Å². The number of aromatic nitrogens is 2. The van der Waals surface area contributed by atoms with Crippen molar-refractivity contribution in [2.45, 2.75) is 19.4 Å². The van der Waals surface area contributed by atoms with Crippen LogP contribution >= 0.6 is 0 Å². The number of hydrogen-bond donors (Lipinski definition) is 0. The SMILES string of the molecule is Cc1oncc1C(=O)N1CCC(Oc2ccccn2)C1. The normalized spacial score (nSPS) is 18.2. The number of aryl methyl sites for hydroxylation is 1. The average Bonchev–Trinajstić information content (AvgIpc) is 3.08. The van der Waals surface area contributed by atoms with Gasteiger partial charge >= 0.3 is 0 Å². The van der Waals surface area contributed by atoms with Gasteiger partial charge in [-0.05, 0) is 13.0 Å². The molecule has 1 aliphatic heterocycles. The van der Waals surface area contributed by atoms with Crippen LogP contribution in [0.2, 0.25) is 0 Å². The zero-order valence-electron chi connectivity index (χ0n) is 11.2. The van der Waals surface area contributed by atoms with Gasteiger partial charge in [0.25, 0.3) is 5.91 Å². The number of amides is 1. The van der Waals surface area contributed by atoms with Gasteiger partial charge in [0.05, 0.1) is 12.7 Å². The number of nitrogens with zero attached hydrogens (tertiary/aromatic N) is 3. The molecule has 20 heavy (non-hydrogen) atoms. The molecular weight excluding hydrogens is 258 g/mol. The highest BCUT2D eigenvalue weighted by molar-refractivity contribution is 5.94. The standard InChI is InChI=1S/C14H15N3O3/c1-10-12(8-16-20-10)14(18)17-7-5-11(9-17)19-13-4-2-3-6-15-13/h2-4,6,8,11H,5,7,9H2,1H3. The maximum Gasteiger partial charge on any atom is 0.259 e. The van der Waals surface area contributed by atoms with E-state index >= 15 is 0 Å². The number of hydrogen-bond acceptors (Lipinski definition) is 5. The highest BCUT2D eigenvalue weighted by Gasteiger charge is 2.30. The zero-order chi connectivity index (χ0) is 13.9. The second kappa shape index (κ2) is 5.32. The molecule has 104 valence electrons. The molecule has 1 aliphatic rings. The molecule has 0 saturated carbocycles. The van der Waals surface area contributed by atoms with Crippen molar-refractivity contribution >= 4 is 5.91 Å². The Balaban J connectivity index is 1.62. The van der Waals surface area contributed by atoms with Crippen LogP contribution in [0.25, 0.3) is 0 Å². The van der Waals surface area contributed by atoms with Crippen LogP contribution in [0.1, 0.15) is 22.5 Å². The van der Waals surface area contributed by atoms with E-state index in [1.54, 1.807) is 18.0 Å². The van der Waals surface area contributed by atoms with Crippen molar-refractivity contribution < 1.29 is 14.1 Å². The van der Waals surface area contributed by atoms with E-state index in [9.17, 15) is 4.79 Å². The van der Waals surface area contributed by atoms with Crippen molar-refractivity contribution in [2.75, 3.05) is 13.1 Å². The molecule has 0 spiro atoms. The van der Waals surface area contributed by atoms with E-state index < -0.39 is 0 Å². The predicted octanol–water partition coefficient (Wildman–Crippen LogP) is 1.67. The fraction of sp³-hybridized carbons (Fsp3) is 0.357. The molecule has 0 bridgehead atoms. The lowest BCUT2D eigenvalue weighted by Gasteiger charge is -2.16. The highest BCUT2D eigenvalue weighted by Crippen LogP contribution is 2.19. The van der Waals surface area contributed by atoms with Gasteiger partial charge in [0.15, 0.2) is 0 Å². The number of ether oxygens (including phenoxy) is 1. The summed E-state index contributed by atoms with van der Waals surface area (Å²) in [6.45, 7) is 2.96. The zero-order valence-corrected chi connectivity index (χ0v) is 11.2. The van der Waals surface area contributed by atoms with Crippen molar-refractivity contribution in [1.29, 1.82) is 0 Å². The first-order valence-corrected chi connectivity index (χ1v) is 6.52. The second-order valence-electron chi connectivity index (χ2n) is 4.74. The fourth-order valence-corrected chi connectivity index (χ4v) is 2.27. The second-order valence-corrected chi connectivity index (χ2v) is 4.74. The lowest BCUT2D eigenvalue weighted by molar-refractivity contribution is 0.0769. The van der Waals surface area contributed by atoms with Gasteiger partial charge in [-0.15, -0.1) is 0 Å². The fourth-order valence-electron chi connectivity index (χ4n) is 2.27. The first-order valence-electron chi connectivity index (χ1n) is 6.52. The smallest absolute Gasteiger partial charge is 0.259 e. The maximum absolute atomic E-state index is 12.3. The molecule has 0 aliphatic carbocycles. The van der Waals surface area contributed by atoms with Gasteiger partial charge in [0.1, 0.15) is 17.4 Å². The van der Waals surface area contributed by atoms with Crippen molar-refractivity contribution in [1.82, 2.24) is 15.0 Å². The van der Waals surface area contributed by atoms with Gasteiger partial charge in [-0.1, -0.05) is 11.2 Å². The van der Waals surface area contributed by atoms with Crippen molar-refractivity contribution in [3.8, 4) is 5.88 Å². The summed E-state index contributed by atoms with van der Waals surface area (Å²) in [7, 11) is 0. The molecule has 2 aromatic rings. The van der Waals surface area contributed by atoms with Crippen LogP contribution in [0.15, 0.2) is 35.1 Å². The summed E-state index contributed by atoms with van der Waals surface area (Å²) in [6.07, 6.45) is 3.93. The van der Waals surface area contributed by atoms with Crippen LogP contribution in [0.3, 0.4) is 0 Å². The third-order valence-corrected chi connectivity index (χ3v) is 3.34. The van der Waals surface area contributed by atoms with Crippen LogP contribution < -0.4 is 4.74 Å². The first-order chi connectivity index (χ1) is 9.74. The summed E-state index contributed by atoms with van der Waals surface area (Å²) in [5, 5.41) is 3.64. The molecule has 6 heteroatoms. The highest BCUT2D eigenvalue weighted by atomic mass is 16.5. The molecule has 3 heterocycles. The average molecular weight is 273 g/mol. The van der Waals surface area contributed by atoms with E-state index in [1.807, 2.05) is 18.2 Å². The van der Waals surface area contributed by atoms with Gasteiger partial charge in [-0.2, -0.15) is 0 Å². The molecule has 0 N–H and O–H groups in total. The molecule has 2 aromatic heterocycles. The number of rotatable bonds is 3. The van der Waals surface area contributed by atoms with Crippen LogP contribution in [0.4, 0.5) is 0 Å². The molecular formula is C14H15N3O3. The molecule has 0 radical (unpaired) electrons. The van der Waals surface area contributed by atoms with Crippen molar-refractivity contribution in [3.05, 3.63) is 41.9 Å². The van der Waals surface area contributed by atoms with E-state index in [0.717, 1.165) is 6.42 Å². The summed E-state index contributed by atoms with van der Waals surface area (Å²) >= 11 is 0. The Hall–Kier alpha value is -2.37. The lowest BCUT2D eigenvalue weighted by Crippen LogP contribution is -2.31.